The van der Waals surface area contributed by atoms with Crippen molar-refractivity contribution in [3.63, 3.8) is 0 Å². The molecule has 1 aromatic carbocycles. The number of aromatic nitrogens is 2. The maximum Gasteiger partial charge on any atom is 0.0717 e. The summed E-state index contributed by atoms with van der Waals surface area (Å²) < 4.78 is 13.0. The van der Waals surface area contributed by atoms with Crippen LogP contribution in [0.1, 0.15) is 36.4 Å². The Morgan fingerprint density at radius 1 is 1.08 bits per heavy atom. The van der Waals surface area contributed by atoms with Crippen molar-refractivity contribution in [2.45, 2.75) is 46.4 Å². The molecule has 0 amide bonds. The lowest BCUT2D eigenvalue weighted by Crippen LogP contribution is -2.20. The van der Waals surface area contributed by atoms with Gasteiger partial charge in [-0.15, -0.1) is 0 Å². The molecule has 0 bridgehead atoms. The number of nitrogens with one attached hydrogen (secondary N) is 1. The third-order valence-corrected chi connectivity index (χ3v) is 4.26. The van der Waals surface area contributed by atoms with Gasteiger partial charge in [0.05, 0.1) is 32.1 Å². The molecule has 0 saturated heterocycles. The van der Waals surface area contributed by atoms with Gasteiger partial charge in [0.25, 0.3) is 0 Å². The van der Waals surface area contributed by atoms with E-state index in [-0.39, 0.29) is 0 Å². The molecule has 2 rings (SSSR count). The first-order valence-electron chi connectivity index (χ1n) is 9.18. The molecule has 0 spiro atoms. The summed E-state index contributed by atoms with van der Waals surface area (Å²) in [5.74, 6) is 0. The fourth-order valence-electron chi connectivity index (χ4n) is 2.96. The van der Waals surface area contributed by atoms with Crippen molar-refractivity contribution in [1.82, 2.24) is 15.1 Å². The topological polar surface area (TPSA) is 48.3 Å². The van der Waals surface area contributed by atoms with Crippen LogP contribution in [0.2, 0.25) is 0 Å². The number of rotatable bonds is 12. The lowest BCUT2D eigenvalue weighted by molar-refractivity contribution is 0.110. The first-order chi connectivity index (χ1) is 12.3. The van der Waals surface area contributed by atoms with Gasteiger partial charge in [-0.25, -0.2) is 0 Å². The number of hydrogen-bond acceptors (Lipinski definition) is 4. The molecular weight excluding hydrogens is 314 g/mol. The molecule has 0 aliphatic heterocycles. The number of benzene rings is 1. The average molecular weight is 345 g/mol. The van der Waals surface area contributed by atoms with Gasteiger partial charge in [0.1, 0.15) is 0 Å². The van der Waals surface area contributed by atoms with E-state index in [1.54, 1.807) is 7.11 Å². The molecule has 0 saturated carbocycles. The molecule has 0 fully saturated rings. The van der Waals surface area contributed by atoms with E-state index in [1.165, 1.54) is 22.5 Å². The van der Waals surface area contributed by atoms with Crippen molar-refractivity contribution in [3.8, 4) is 0 Å². The Balaban J connectivity index is 1.91. The molecule has 1 aromatic heterocycles. The van der Waals surface area contributed by atoms with Gasteiger partial charge < -0.3 is 14.8 Å². The van der Waals surface area contributed by atoms with Crippen molar-refractivity contribution in [3.05, 3.63) is 52.8 Å². The zero-order valence-electron chi connectivity index (χ0n) is 15.8. The van der Waals surface area contributed by atoms with E-state index < -0.39 is 0 Å². The van der Waals surface area contributed by atoms with E-state index in [1.807, 2.05) is 18.2 Å². The second-order valence-corrected chi connectivity index (χ2v) is 6.01. The van der Waals surface area contributed by atoms with Gasteiger partial charge in [0.15, 0.2) is 0 Å². The number of hydrogen-bond donors (Lipinski definition) is 1. The minimum atomic E-state index is 0.648. The predicted octanol–water partition coefficient (Wildman–Crippen LogP) is 2.96. The van der Waals surface area contributed by atoms with E-state index in [0.29, 0.717) is 13.2 Å². The average Bonchev–Trinajstić information content (AvgIpc) is 3.00. The fraction of sp³-hybridized carbons (Fsp3) is 0.550. The summed E-state index contributed by atoms with van der Waals surface area (Å²) >= 11 is 0. The monoisotopic (exact) mass is 345 g/mol. The Labute approximate surface area is 151 Å². The first-order valence-corrected chi connectivity index (χ1v) is 9.18. The number of ether oxygens (including phenoxy) is 2. The second-order valence-electron chi connectivity index (χ2n) is 6.01. The van der Waals surface area contributed by atoms with Gasteiger partial charge in [-0.2, -0.15) is 5.10 Å². The summed E-state index contributed by atoms with van der Waals surface area (Å²) in [7, 11) is 1.73. The molecule has 0 aliphatic rings. The maximum atomic E-state index is 5.83. The van der Waals surface area contributed by atoms with Crippen LogP contribution in [0.25, 0.3) is 0 Å². The van der Waals surface area contributed by atoms with Crippen molar-refractivity contribution in [1.29, 1.82) is 0 Å². The lowest BCUT2D eigenvalue weighted by Gasteiger charge is -2.10. The molecule has 0 atom stereocenters. The lowest BCUT2D eigenvalue weighted by atomic mass is 10.1. The van der Waals surface area contributed by atoms with Crippen LogP contribution in [0.5, 0.6) is 0 Å². The fourth-order valence-corrected chi connectivity index (χ4v) is 2.96. The van der Waals surface area contributed by atoms with Crippen molar-refractivity contribution in [2.75, 3.05) is 26.9 Å². The van der Waals surface area contributed by atoms with Crippen LogP contribution in [0.3, 0.4) is 0 Å². The molecule has 5 nitrogen and oxygen atoms in total. The van der Waals surface area contributed by atoms with Crippen LogP contribution in [0, 0.1) is 0 Å². The largest absolute Gasteiger partial charge is 0.383 e. The predicted molar refractivity (Wildman–Crippen MR) is 101 cm³/mol. The van der Waals surface area contributed by atoms with Crippen molar-refractivity contribution < 1.29 is 9.47 Å². The SMILES string of the molecule is CCc1nn(CCOCc2ccccc2)c(CC)c1CNCCOC. The first kappa shape index (κ1) is 19.6. The van der Waals surface area contributed by atoms with Gasteiger partial charge in [-0.1, -0.05) is 44.2 Å². The molecule has 0 radical (unpaired) electrons. The molecule has 0 aliphatic carbocycles. The highest BCUT2D eigenvalue weighted by Gasteiger charge is 2.14. The molecule has 1 heterocycles. The smallest absolute Gasteiger partial charge is 0.0717 e. The van der Waals surface area contributed by atoms with Gasteiger partial charge in [-0.05, 0) is 18.4 Å². The Bertz CT molecular complexity index is 611. The zero-order chi connectivity index (χ0) is 17.9. The summed E-state index contributed by atoms with van der Waals surface area (Å²) in [6.45, 7) is 8.90. The quantitative estimate of drug-likeness (QED) is 0.601. The maximum absolute atomic E-state index is 5.83. The summed E-state index contributed by atoms with van der Waals surface area (Å²) in [5, 5.41) is 8.25. The molecule has 2 aromatic rings. The third-order valence-electron chi connectivity index (χ3n) is 4.26. The van der Waals surface area contributed by atoms with E-state index in [2.05, 4.69) is 36.0 Å². The van der Waals surface area contributed by atoms with Gasteiger partial charge in [-0.3, -0.25) is 4.68 Å². The van der Waals surface area contributed by atoms with Crippen molar-refractivity contribution in [2.24, 2.45) is 0 Å². The van der Waals surface area contributed by atoms with Gasteiger partial charge in [0.2, 0.25) is 0 Å². The van der Waals surface area contributed by atoms with Crippen LogP contribution in [0.15, 0.2) is 30.3 Å². The summed E-state index contributed by atoms with van der Waals surface area (Å²) in [5.41, 5.74) is 5.04. The van der Waals surface area contributed by atoms with E-state index in [9.17, 15) is 0 Å². The minimum absolute atomic E-state index is 0.648. The van der Waals surface area contributed by atoms with E-state index >= 15 is 0 Å². The minimum Gasteiger partial charge on any atom is -0.383 e. The highest BCUT2D eigenvalue weighted by molar-refractivity contribution is 5.26. The van der Waals surface area contributed by atoms with Crippen LogP contribution in [-0.4, -0.2) is 36.6 Å². The molecular formula is C20H31N3O2. The van der Waals surface area contributed by atoms with Crippen LogP contribution < -0.4 is 5.32 Å². The van der Waals surface area contributed by atoms with Crippen LogP contribution >= 0.6 is 0 Å². The van der Waals surface area contributed by atoms with Gasteiger partial charge >= 0.3 is 0 Å². The zero-order valence-corrected chi connectivity index (χ0v) is 15.8. The number of nitrogens with zero attached hydrogens (tertiary/aromatic N) is 2. The normalized spacial score (nSPS) is 11.2. The van der Waals surface area contributed by atoms with E-state index in [0.717, 1.165) is 39.1 Å². The van der Waals surface area contributed by atoms with Crippen molar-refractivity contribution >= 4 is 0 Å². The highest BCUT2D eigenvalue weighted by Crippen LogP contribution is 2.16. The Kier molecular flexibility index (Phi) is 8.66. The molecule has 0 unspecified atom stereocenters. The molecule has 138 valence electrons. The summed E-state index contributed by atoms with van der Waals surface area (Å²) in [6.07, 6.45) is 1.93. The summed E-state index contributed by atoms with van der Waals surface area (Å²) in [6, 6.07) is 10.3. The summed E-state index contributed by atoms with van der Waals surface area (Å²) in [4.78, 5) is 0. The second kappa shape index (κ2) is 11.0. The molecule has 1 N–H and O–H groups in total. The molecule has 5 heteroatoms. The highest BCUT2D eigenvalue weighted by atomic mass is 16.5. The standard InChI is InChI=1S/C20H31N3O2/c1-4-19-18(15-21-11-13-24-3)20(5-2)23(22-19)12-14-25-16-17-9-7-6-8-10-17/h6-10,21H,4-5,11-16H2,1-3H3. The number of aryl methyl sites for hydroxylation is 1. The Morgan fingerprint density at radius 3 is 2.56 bits per heavy atom. The Morgan fingerprint density at radius 2 is 1.88 bits per heavy atom. The Hall–Kier alpha value is -1.69. The van der Waals surface area contributed by atoms with Gasteiger partial charge in [0, 0.05) is 31.5 Å². The number of methoxy groups -OCH3 is 1. The van der Waals surface area contributed by atoms with Crippen LogP contribution in [-0.2, 0) is 42.0 Å². The molecule has 25 heavy (non-hydrogen) atoms. The van der Waals surface area contributed by atoms with E-state index in [4.69, 9.17) is 14.6 Å². The van der Waals surface area contributed by atoms with Crippen LogP contribution in [0.4, 0.5) is 0 Å². The third kappa shape index (κ3) is 5.96.